The Labute approximate surface area is 321 Å². The molecular weight excluding hydrogens is 690 g/mol. The molecule has 0 fully saturated rings. The second-order valence-electron chi connectivity index (χ2n) is 14.8. The van der Waals surface area contributed by atoms with Crippen molar-refractivity contribution in [3.05, 3.63) is 205 Å². The molecule has 0 aliphatic carbocycles. The average molecular weight is 728 g/mol. The first-order valence-electron chi connectivity index (χ1n) is 18.7. The number of benzene rings is 7. The monoisotopic (exact) mass is 727 g/mol. The standard InChI is InChI=1S/C50H38N3OP/c1-50(2)43-23-11-15-27-47(43)53(48-28-16-12-24-44(48)50)38-32-36(31-37(34-38)52-45-25-13-9-21-41(45)42-22-10-14-26-46(42)52)35-29-30-51-49(33-35)55(54,39-17-5-3-6-18-39)40-19-7-4-8-20-40/h3-34H,1-2H3. The van der Waals surface area contributed by atoms with Crippen molar-refractivity contribution in [2.45, 2.75) is 19.3 Å². The molecule has 4 nitrogen and oxygen atoms in total. The quantitative estimate of drug-likeness (QED) is 0.160. The highest BCUT2D eigenvalue weighted by atomic mass is 31.2. The van der Waals surface area contributed by atoms with Gasteiger partial charge in [0.25, 0.3) is 0 Å². The third-order valence-electron chi connectivity index (χ3n) is 11.3. The molecule has 0 atom stereocenters. The van der Waals surface area contributed by atoms with Gasteiger partial charge in [0.2, 0.25) is 0 Å². The number of rotatable bonds is 6. The largest absolute Gasteiger partial charge is 0.310 e. The van der Waals surface area contributed by atoms with Gasteiger partial charge in [0, 0.05) is 44.4 Å². The van der Waals surface area contributed by atoms with Crippen LogP contribution in [0.2, 0.25) is 0 Å². The lowest BCUT2D eigenvalue weighted by Crippen LogP contribution is -2.30. The van der Waals surface area contributed by atoms with E-state index in [-0.39, 0.29) is 5.41 Å². The van der Waals surface area contributed by atoms with Gasteiger partial charge in [0.1, 0.15) is 5.44 Å². The molecule has 0 spiro atoms. The Morgan fingerprint density at radius 3 is 1.56 bits per heavy atom. The number of fused-ring (bicyclic) bond motifs is 5. The Balaban J connectivity index is 1.26. The average Bonchev–Trinajstić information content (AvgIpc) is 3.59. The zero-order valence-electron chi connectivity index (χ0n) is 30.7. The second kappa shape index (κ2) is 12.8. The van der Waals surface area contributed by atoms with Gasteiger partial charge in [0.05, 0.1) is 22.4 Å². The van der Waals surface area contributed by atoms with E-state index in [0.717, 1.165) is 55.5 Å². The number of anilines is 3. The summed E-state index contributed by atoms with van der Waals surface area (Å²) in [5, 5.41) is 3.93. The predicted molar refractivity (Wildman–Crippen MR) is 230 cm³/mol. The van der Waals surface area contributed by atoms with E-state index in [0.29, 0.717) is 5.44 Å². The highest BCUT2D eigenvalue weighted by Crippen LogP contribution is 2.52. The van der Waals surface area contributed by atoms with Crippen LogP contribution >= 0.6 is 7.14 Å². The Morgan fingerprint density at radius 1 is 0.491 bits per heavy atom. The van der Waals surface area contributed by atoms with Crippen LogP contribution in [0.25, 0.3) is 38.6 Å². The molecule has 10 rings (SSSR count). The summed E-state index contributed by atoms with van der Waals surface area (Å²) in [5.41, 5.74) is 11.5. The summed E-state index contributed by atoms with van der Waals surface area (Å²) < 4.78 is 17.9. The molecular formula is C50H38N3OP. The maximum atomic E-state index is 15.5. The fraction of sp³-hybridized carbons (Fsp3) is 0.0600. The summed E-state index contributed by atoms with van der Waals surface area (Å²) in [6, 6.07) is 65.3. The molecule has 0 saturated heterocycles. The summed E-state index contributed by atoms with van der Waals surface area (Å²) in [6.45, 7) is 4.64. The van der Waals surface area contributed by atoms with Crippen LogP contribution in [0, 0.1) is 0 Å². The predicted octanol–water partition coefficient (Wildman–Crippen LogP) is 11.6. The lowest BCUT2D eigenvalue weighted by atomic mass is 9.73. The van der Waals surface area contributed by atoms with E-state index < -0.39 is 7.14 Å². The molecule has 3 heterocycles. The number of aromatic nitrogens is 2. The smallest absolute Gasteiger partial charge is 0.188 e. The summed E-state index contributed by atoms with van der Waals surface area (Å²) >= 11 is 0. The first-order valence-corrected chi connectivity index (χ1v) is 20.4. The van der Waals surface area contributed by atoms with Crippen molar-refractivity contribution in [2.75, 3.05) is 4.90 Å². The van der Waals surface area contributed by atoms with Crippen molar-refractivity contribution in [3.63, 3.8) is 0 Å². The van der Waals surface area contributed by atoms with Crippen LogP contribution in [-0.4, -0.2) is 9.55 Å². The molecule has 2 aromatic heterocycles. The first kappa shape index (κ1) is 33.1. The molecule has 0 radical (unpaired) electrons. The number of pyridine rings is 1. The molecule has 0 bridgehead atoms. The van der Waals surface area contributed by atoms with Gasteiger partial charge < -0.3 is 14.0 Å². The van der Waals surface area contributed by atoms with Gasteiger partial charge in [0.15, 0.2) is 7.14 Å². The van der Waals surface area contributed by atoms with Crippen LogP contribution in [0.15, 0.2) is 194 Å². The maximum Gasteiger partial charge on any atom is 0.188 e. The normalized spacial score (nSPS) is 13.5. The minimum atomic E-state index is -3.32. The molecule has 5 heteroatoms. The number of hydrogen-bond donors (Lipinski definition) is 0. The van der Waals surface area contributed by atoms with E-state index >= 15 is 4.57 Å². The van der Waals surface area contributed by atoms with Gasteiger partial charge in [-0.05, 0) is 76.9 Å². The number of nitrogens with zero attached hydrogens (tertiary/aromatic N) is 3. The van der Waals surface area contributed by atoms with Gasteiger partial charge in [-0.15, -0.1) is 0 Å². The summed E-state index contributed by atoms with van der Waals surface area (Å²) in [7, 11) is -3.32. The molecule has 7 aromatic carbocycles. The fourth-order valence-electron chi connectivity index (χ4n) is 8.63. The van der Waals surface area contributed by atoms with E-state index in [4.69, 9.17) is 4.98 Å². The van der Waals surface area contributed by atoms with Crippen molar-refractivity contribution in [1.29, 1.82) is 0 Å². The summed E-state index contributed by atoms with van der Waals surface area (Å²) in [6.07, 6.45) is 1.81. The highest BCUT2D eigenvalue weighted by Gasteiger charge is 2.37. The van der Waals surface area contributed by atoms with Crippen LogP contribution in [0.1, 0.15) is 25.0 Å². The van der Waals surface area contributed by atoms with Gasteiger partial charge in [-0.25, -0.2) is 0 Å². The molecule has 0 N–H and O–H groups in total. The molecule has 55 heavy (non-hydrogen) atoms. The lowest BCUT2D eigenvalue weighted by Gasteiger charge is -2.42. The molecule has 1 aliphatic heterocycles. The summed E-state index contributed by atoms with van der Waals surface area (Å²) in [5.74, 6) is 0. The fourth-order valence-corrected chi connectivity index (χ4v) is 11.2. The van der Waals surface area contributed by atoms with E-state index in [2.05, 4.69) is 139 Å². The van der Waals surface area contributed by atoms with E-state index in [1.54, 1.807) is 0 Å². The van der Waals surface area contributed by atoms with E-state index in [9.17, 15) is 0 Å². The zero-order valence-corrected chi connectivity index (χ0v) is 31.6. The van der Waals surface area contributed by atoms with Crippen LogP contribution < -0.4 is 20.9 Å². The maximum absolute atomic E-state index is 15.5. The number of hydrogen-bond acceptors (Lipinski definition) is 3. The molecule has 0 saturated carbocycles. The zero-order chi connectivity index (χ0) is 37.1. The van der Waals surface area contributed by atoms with Crippen molar-refractivity contribution in [3.8, 4) is 16.8 Å². The Morgan fingerprint density at radius 2 is 0.982 bits per heavy atom. The minimum Gasteiger partial charge on any atom is -0.310 e. The van der Waals surface area contributed by atoms with Crippen molar-refractivity contribution in [2.24, 2.45) is 0 Å². The summed E-state index contributed by atoms with van der Waals surface area (Å²) in [4.78, 5) is 7.27. The molecule has 0 amide bonds. The van der Waals surface area contributed by atoms with Crippen LogP contribution in [-0.2, 0) is 9.98 Å². The molecule has 264 valence electrons. The second-order valence-corrected chi connectivity index (χ2v) is 17.5. The van der Waals surface area contributed by atoms with Crippen molar-refractivity contribution in [1.82, 2.24) is 9.55 Å². The molecule has 0 unspecified atom stereocenters. The van der Waals surface area contributed by atoms with E-state index in [1.165, 1.54) is 21.9 Å². The van der Waals surface area contributed by atoms with Crippen LogP contribution in [0.3, 0.4) is 0 Å². The van der Waals surface area contributed by atoms with Gasteiger partial charge in [-0.2, -0.15) is 0 Å². The van der Waals surface area contributed by atoms with Crippen LogP contribution in [0.5, 0.6) is 0 Å². The van der Waals surface area contributed by atoms with Gasteiger partial charge in [-0.1, -0.05) is 147 Å². The topological polar surface area (TPSA) is 38.1 Å². The third-order valence-corrected chi connectivity index (χ3v) is 14.2. The molecule has 9 aromatic rings. The first-order chi connectivity index (χ1) is 26.9. The van der Waals surface area contributed by atoms with Gasteiger partial charge >= 0.3 is 0 Å². The Kier molecular flexibility index (Phi) is 7.73. The molecule has 1 aliphatic rings. The van der Waals surface area contributed by atoms with Crippen molar-refractivity contribution >= 4 is 62.1 Å². The Bertz CT molecular complexity index is 2800. The van der Waals surface area contributed by atoms with E-state index in [1.807, 2.05) is 79.0 Å². The van der Waals surface area contributed by atoms with Crippen molar-refractivity contribution < 1.29 is 4.57 Å². The SMILES string of the molecule is CC1(C)c2ccccc2N(c2cc(-c3ccnc(P(=O)(c4ccccc4)c4ccccc4)c3)cc(-n3c4ccccc4c4ccccc43)c2)c2ccccc21. The highest BCUT2D eigenvalue weighted by molar-refractivity contribution is 7.85. The van der Waals surface area contributed by atoms with Gasteiger partial charge in [-0.3, -0.25) is 4.98 Å². The van der Waals surface area contributed by atoms with Crippen LogP contribution in [0.4, 0.5) is 17.1 Å². The Hall–Kier alpha value is -6.48. The third kappa shape index (κ3) is 5.21. The number of para-hydroxylation sites is 4. The minimum absolute atomic E-state index is 0.188. The lowest BCUT2D eigenvalue weighted by molar-refractivity contribution is 0.592.